The third kappa shape index (κ3) is 2.45. The van der Waals surface area contributed by atoms with Gasteiger partial charge in [0.2, 0.25) is 0 Å². The highest BCUT2D eigenvalue weighted by atomic mass is 35.5. The molecule has 0 spiro atoms. The number of hydrogen-bond donors (Lipinski definition) is 1. The first kappa shape index (κ1) is 12.0. The molecule has 1 aromatic carbocycles. The molecule has 1 aromatic rings. The lowest BCUT2D eigenvalue weighted by Crippen LogP contribution is -2.55. The summed E-state index contributed by atoms with van der Waals surface area (Å²) in [7, 11) is 0. The van der Waals surface area contributed by atoms with E-state index in [1.807, 2.05) is 12.1 Å². The van der Waals surface area contributed by atoms with Crippen molar-refractivity contribution in [3.63, 3.8) is 0 Å². The van der Waals surface area contributed by atoms with E-state index in [-0.39, 0.29) is 0 Å². The first-order chi connectivity index (χ1) is 7.58. The van der Waals surface area contributed by atoms with Crippen molar-refractivity contribution in [3.05, 3.63) is 28.2 Å². The molecule has 0 amide bonds. The number of rotatable bonds is 1. The monoisotopic (exact) mass is 258 g/mol. The Balaban J connectivity index is 2.33. The summed E-state index contributed by atoms with van der Waals surface area (Å²) in [6, 6.07) is 6.64. The average Bonchev–Trinajstić information content (AvgIpc) is 2.15. The molecule has 16 heavy (non-hydrogen) atoms. The van der Waals surface area contributed by atoms with Gasteiger partial charge in [0.05, 0.1) is 0 Å². The first-order valence-electron chi connectivity index (χ1n) is 5.53. The molecule has 1 fully saturated rings. The van der Waals surface area contributed by atoms with Crippen LogP contribution in [0.25, 0.3) is 0 Å². The Morgan fingerprint density at radius 3 is 2.06 bits per heavy atom. The number of nitrogens with zero attached hydrogens (tertiary/aromatic N) is 1. The van der Waals surface area contributed by atoms with Crippen molar-refractivity contribution in [3.8, 4) is 0 Å². The number of piperazine rings is 1. The maximum absolute atomic E-state index is 6.04. The fourth-order valence-corrected chi connectivity index (χ4v) is 2.84. The van der Waals surface area contributed by atoms with Gasteiger partial charge < -0.3 is 10.2 Å². The van der Waals surface area contributed by atoms with Crippen LogP contribution in [-0.4, -0.2) is 25.2 Å². The average molecular weight is 259 g/mol. The van der Waals surface area contributed by atoms with Crippen LogP contribution in [0.2, 0.25) is 10.0 Å². The molecule has 0 radical (unpaired) electrons. The predicted octanol–water partition coefficient (Wildman–Crippen LogP) is 3.18. The van der Waals surface area contributed by atoms with Crippen LogP contribution >= 0.6 is 23.2 Å². The minimum Gasteiger partial charge on any atom is -0.363 e. The van der Waals surface area contributed by atoms with Crippen LogP contribution in [0.5, 0.6) is 0 Å². The largest absolute Gasteiger partial charge is 0.363 e. The third-order valence-electron chi connectivity index (χ3n) is 2.97. The molecule has 1 heterocycles. The normalized spacial score (nSPS) is 25.9. The number of nitrogens with one attached hydrogen (secondary N) is 1. The maximum Gasteiger partial charge on any atom is 0.0441 e. The Bertz CT molecular complexity index is 351. The van der Waals surface area contributed by atoms with Crippen molar-refractivity contribution in [2.24, 2.45) is 0 Å². The van der Waals surface area contributed by atoms with Gasteiger partial charge in [-0.3, -0.25) is 0 Å². The summed E-state index contributed by atoms with van der Waals surface area (Å²) in [5.74, 6) is 0. The molecule has 0 aromatic heterocycles. The topological polar surface area (TPSA) is 15.3 Å². The van der Waals surface area contributed by atoms with Crippen molar-refractivity contribution in [2.75, 3.05) is 18.0 Å². The Morgan fingerprint density at radius 1 is 1.06 bits per heavy atom. The molecule has 0 bridgehead atoms. The van der Waals surface area contributed by atoms with E-state index in [4.69, 9.17) is 23.2 Å². The highest BCUT2D eigenvalue weighted by molar-refractivity contribution is 6.35. The molecule has 88 valence electrons. The second-order valence-electron chi connectivity index (χ2n) is 4.39. The number of benzene rings is 1. The molecule has 4 heteroatoms. The fourth-order valence-electron chi connectivity index (χ4n) is 2.33. The lowest BCUT2D eigenvalue weighted by Gasteiger charge is -2.41. The second-order valence-corrected chi connectivity index (χ2v) is 5.26. The lowest BCUT2D eigenvalue weighted by atomic mass is 10.1. The molecule has 0 aliphatic carbocycles. The van der Waals surface area contributed by atoms with E-state index in [2.05, 4.69) is 24.1 Å². The predicted molar refractivity (Wildman–Crippen MR) is 70.7 cm³/mol. The molecule has 1 aliphatic rings. The van der Waals surface area contributed by atoms with Gasteiger partial charge in [-0.05, 0) is 32.0 Å². The highest BCUT2D eigenvalue weighted by Gasteiger charge is 2.24. The lowest BCUT2D eigenvalue weighted by molar-refractivity contribution is 0.432. The summed E-state index contributed by atoms with van der Waals surface area (Å²) >= 11 is 12.1. The minimum atomic E-state index is 0.457. The van der Waals surface area contributed by atoms with Gasteiger partial charge in [-0.2, -0.15) is 0 Å². The van der Waals surface area contributed by atoms with Crippen molar-refractivity contribution in [1.29, 1.82) is 0 Å². The Labute approximate surface area is 107 Å². The highest BCUT2D eigenvalue weighted by Crippen LogP contribution is 2.28. The molecule has 2 atom stereocenters. The maximum atomic E-state index is 6.04. The van der Waals surface area contributed by atoms with Crippen LogP contribution in [0.4, 0.5) is 5.69 Å². The van der Waals surface area contributed by atoms with Gasteiger partial charge in [-0.15, -0.1) is 0 Å². The summed E-state index contributed by atoms with van der Waals surface area (Å²) < 4.78 is 0. The Morgan fingerprint density at radius 2 is 1.56 bits per heavy atom. The minimum absolute atomic E-state index is 0.457. The zero-order valence-electron chi connectivity index (χ0n) is 9.50. The molecular weight excluding hydrogens is 243 g/mol. The molecule has 0 unspecified atom stereocenters. The third-order valence-corrected chi connectivity index (χ3v) is 3.41. The molecule has 1 saturated heterocycles. The van der Waals surface area contributed by atoms with Crippen LogP contribution in [0, 0.1) is 0 Å². The standard InChI is InChI=1S/C12H16Cl2N2/c1-8-6-15-7-9(2)16(8)12-4-10(13)3-11(14)5-12/h3-5,8-9,15H,6-7H2,1-2H3/t8-,9+. The van der Waals surface area contributed by atoms with E-state index < -0.39 is 0 Å². The van der Waals surface area contributed by atoms with Crippen LogP contribution in [-0.2, 0) is 0 Å². The van der Waals surface area contributed by atoms with Crippen molar-refractivity contribution in [2.45, 2.75) is 25.9 Å². The quantitative estimate of drug-likeness (QED) is 0.833. The first-order valence-corrected chi connectivity index (χ1v) is 6.28. The smallest absolute Gasteiger partial charge is 0.0441 e. The summed E-state index contributed by atoms with van der Waals surface area (Å²) in [5, 5.41) is 4.80. The SMILES string of the molecule is C[C@@H]1CNC[C@H](C)N1c1cc(Cl)cc(Cl)c1. The van der Waals surface area contributed by atoms with Gasteiger partial charge in [0.25, 0.3) is 0 Å². The van der Waals surface area contributed by atoms with Crippen LogP contribution in [0.3, 0.4) is 0 Å². The van der Waals surface area contributed by atoms with Gasteiger partial charge >= 0.3 is 0 Å². The Kier molecular flexibility index (Phi) is 3.63. The number of halogens is 2. The molecule has 2 rings (SSSR count). The fraction of sp³-hybridized carbons (Fsp3) is 0.500. The molecule has 1 aliphatic heterocycles. The number of hydrogen-bond acceptors (Lipinski definition) is 2. The van der Waals surface area contributed by atoms with Gasteiger partial charge in [-0.1, -0.05) is 23.2 Å². The summed E-state index contributed by atoms with van der Waals surface area (Å²) in [4.78, 5) is 2.37. The summed E-state index contributed by atoms with van der Waals surface area (Å²) in [6.07, 6.45) is 0. The van der Waals surface area contributed by atoms with E-state index in [1.165, 1.54) is 0 Å². The number of anilines is 1. The van der Waals surface area contributed by atoms with Crippen LogP contribution in [0.1, 0.15) is 13.8 Å². The van der Waals surface area contributed by atoms with Gasteiger partial charge in [0.15, 0.2) is 0 Å². The van der Waals surface area contributed by atoms with Crippen LogP contribution < -0.4 is 10.2 Å². The second kappa shape index (κ2) is 4.82. The van der Waals surface area contributed by atoms with Gasteiger partial charge in [0, 0.05) is 40.9 Å². The van der Waals surface area contributed by atoms with E-state index in [1.54, 1.807) is 6.07 Å². The molecule has 2 nitrogen and oxygen atoms in total. The molecule has 1 N–H and O–H groups in total. The Hall–Kier alpha value is -0.440. The van der Waals surface area contributed by atoms with E-state index in [0.717, 1.165) is 18.8 Å². The van der Waals surface area contributed by atoms with E-state index in [0.29, 0.717) is 22.1 Å². The molecule has 0 saturated carbocycles. The zero-order valence-corrected chi connectivity index (χ0v) is 11.0. The molecular formula is C12H16Cl2N2. The van der Waals surface area contributed by atoms with Crippen molar-refractivity contribution in [1.82, 2.24) is 5.32 Å². The van der Waals surface area contributed by atoms with Crippen molar-refractivity contribution < 1.29 is 0 Å². The summed E-state index contributed by atoms with van der Waals surface area (Å²) in [5.41, 5.74) is 1.11. The van der Waals surface area contributed by atoms with Crippen molar-refractivity contribution >= 4 is 28.9 Å². The van der Waals surface area contributed by atoms with E-state index >= 15 is 0 Å². The van der Waals surface area contributed by atoms with E-state index in [9.17, 15) is 0 Å². The van der Waals surface area contributed by atoms with Gasteiger partial charge in [0.1, 0.15) is 0 Å². The zero-order chi connectivity index (χ0) is 11.7. The van der Waals surface area contributed by atoms with Gasteiger partial charge in [-0.25, -0.2) is 0 Å². The summed E-state index contributed by atoms with van der Waals surface area (Å²) in [6.45, 7) is 6.40. The van der Waals surface area contributed by atoms with Crippen LogP contribution in [0.15, 0.2) is 18.2 Å².